The number of rotatable bonds is 2. The van der Waals surface area contributed by atoms with Crippen LogP contribution in [0.5, 0.6) is 0 Å². The van der Waals surface area contributed by atoms with E-state index in [1.54, 1.807) is 12.3 Å². The Kier molecular flexibility index (Phi) is 2.11. The van der Waals surface area contributed by atoms with Gasteiger partial charge in [-0.1, -0.05) is 13.8 Å². The first-order chi connectivity index (χ1) is 6.66. The van der Waals surface area contributed by atoms with Crippen LogP contribution < -0.4 is 5.73 Å². The molecule has 0 aromatic carbocycles. The fourth-order valence-corrected chi connectivity index (χ4v) is 1.33. The number of fused-ring (bicyclic) bond motifs is 1. The molecule has 0 unspecified atom stereocenters. The zero-order valence-electron chi connectivity index (χ0n) is 8.32. The van der Waals surface area contributed by atoms with Crippen molar-refractivity contribution in [3.05, 3.63) is 18.2 Å². The van der Waals surface area contributed by atoms with E-state index in [9.17, 15) is 0 Å². The molecule has 0 atom stereocenters. The first kappa shape index (κ1) is 8.99. The zero-order chi connectivity index (χ0) is 10.1. The lowest BCUT2D eigenvalue weighted by Gasteiger charge is -1.97. The largest absolute Gasteiger partial charge is 0.437 e. The van der Waals surface area contributed by atoms with E-state index in [1.807, 2.05) is 0 Å². The van der Waals surface area contributed by atoms with Gasteiger partial charge in [-0.2, -0.15) is 4.98 Å². The number of nitrogens with zero attached hydrogens (tertiary/aromatic N) is 2. The molecule has 74 valence electrons. The van der Waals surface area contributed by atoms with Gasteiger partial charge in [0.05, 0.1) is 5.69 Å². The predicted octanol–water partition coefficient (Wildman–Crippen LogP) is 2.00. The molecule has 2 rings (SSSR count). The standard InChI is InChI=1S/C10H13N3O/c1-6(2)5-8-13-10-9(14-8)7(11)3-4-12-10/h3-4,6H,5H2,1-2H3,(H2,11,12). The Morgan fingerprint density at radius 2 is 2.29 bits per heavy atom. The van der Waals surface area contributed by atoms with Crippen LogP contribution >= 0.6 is 0 Å². The molecule has 0 saturated heterocycles. The fourth-order valence-electron chi connectivity index (χ4n) is 1.33. The molecule has 0 aliphatic rings. The number of nitrogens with two attached hydrogens (primary N) is 1. The Morgan fingerprint density at radius 1 is 1.50 bits per heavy atom. The maximum Gasteiger partial charge on any atom is 0.200 e. The molecule has 0 aliphatic carbocycles. The molecule has 0 spiro atoms. The minimum absolute atomic E-state index is 0.518. The van der Waals surface area contributed by atoms with Gasteiger partial charge in [-0.05, 0) is 12.0 Å². The molecular weight excluding hydrogens is 178 g/mol. The van der Waals surface area contributed by atoms with Crippen LogP contribution in [-0.4, -0.2) is 9.97 Å². The fraction of sp³-hybridized carbons (Fsp3) is 0.400. The van der Waals surface area contributed by atoms with Gasteiger partial charge < -0.3 is 10.2 Å². The summed E-state index contributed by atoms with van der Waals surface area (Å²) < 4.78 is 5.51. The second-order valence-corrected chi connectivity index (χ2v) is 3.76. The van der Waals surface area contributed by atoms with Crippen molar-refractivity contribution >= 4 is 16.9 Å². The van der Waals surface area contributed by atoms with Crippen LogP contribution in [-0.2, 0) is 6.42 Å². The summed E-state index contributed by atoms with van der Waals surface area (Å²) in [7, 11) is 0. The second kappa shape index (κ2) is 3.29. The van der Waals surface area contributed by atoms with Gasteiger partial charge in [0.25, 0.3) is 0 Å². The van der Waals surface area contributed by atoms with Crippen LogP contribution in [0.25, 0.3) is 11.2 Å². The number of oxazole rings is 1. The van der Waals surface area contributed by atoms with Crippen molar-refractivity contribution in [1.29, 1.82) is 0 Å². The summed E-state index contributed by atoms with van der Waals surface area (Å²) in [4.78, 5) is 8.34. The van der Waals surface area contributed by atoms with E-state index in [-0.39, 0.29) is 0 Å². The summed E-state index contributed by atoms with van der Waals surface area (Å²) in [5, 5.41) is 0. The van der Waals surface area contributed by atoms with Gasteiger partial charge in [0.2, 0.25) is 5.65 Å². The molecule has 0 saturated carbocycles. The van der Waals surface area contributed by atoms with E-state index in [0.717, 1.165) is 6.42 Å². The quantitative estimate of drug-likeness (QED) is 0.788. The third kappa shape index (κ3) is 1.55. The van der Waals surface area contributed by atoms with Crippen molar-refractivity contribution in [3.8, 4) is 0 Å². The van der Waals surface area contributed by atoms with Gasteiger partial charge in [-0.3, -0.25) is 0 Å². The first-order valence-electron chi connectivity index (χ1n) is 4.66. The molecule has 0 amide bonds. The van der Waals surface area contributed by atoms with Crippen LogP contribution in [0.3, 0.4) is 0 Å². The number of pyridine rings is 1. The summed E-state index contributed by atoms with van der Waals surface area (Å²) >= 11 is 0. The topological polar surface area (TPSA) is 64.9 Å². The SMILES string of the molecule is CC(C)Cc1nc2nccc(N)c2o1. The first-order valence-corrected chi connectivity index (χ1v) is 4.66. The van der Waals surface area contributed by atoms with Gasteiger partial charge in [0.15, 0.2) is 11.5 Å². The van der Waals surface area contributed by atoms with E-state index < -0.39 is 0 Å². The Morgan fingerprint density at radius 3 is 2.93 bits per heavy atom. The lowest BCUT2D eigenvalue weighted by molar-refractivity contribution is 0.483. The molecule has 4 heteroatoms. The van der Waals surface area contributed by atoms with Gasteiger partial charge in [-0.25, -0.2) is 4.98 Å². The van der Waals surface area contributed by atoms with Crippen molar-refractivity contribution in [2.45, 2.75) is 20.3 Å². The maximum absolute atomic E-state index is 5.73. The normalized spacial score (nSPS) is 11.4. The van der Waals surface area contributed by atoms with E-state index in [1.165, 1.54) is 0 Å². The number of nitrogen functional groups attached to an aromatic ring is 1. The molecule has 0 radical (unpaired) electrons. The summed E-state index contributed by atoms with van der Waals surface area (Å²) in [5.41, 5.74) is 7.52. The van der Waals surface area contributed by atoms with Crippen LogP contribution in [0, 0.1) is 5.92 Å². The van der Waals surface area contributed by atoms with E-state index in [2.05, 4.69) is 23.8 Å². The van der Waals surface area contributed by atoms with Crippen LogP contribution in [0.4, 0.5) is 5.69 Å². The molecule has 2 aromatic heterocycles. The van der Waals surface area contributed by atoms with Gasteiger partial charge in [0, 0.05) is 12.6 Å². The highest BCUT2D eigenvalue weighted by Crippen LogP contribution is 2.20. The van der Waals surface area contributed by atoms with Crippen LogP contribution in [0.1, 0.15) is 19.7 Å². The van der Waals surface area contributed by atoms with Crippen molar-refractivity contribution in [2.75, 3.05) is 5.73 Å². The summed E-state index contributed by atoms with van der Waals surface area (Å²) in [6.07, 6.45) is 2.45. The minimum Gasteiger partial charge on any atom is -0.437 e. The van der Waals surface area contributed by atoms with Gasteiger partial charge >= 0.3 is 0 Å². The minimum atomic E-state index is 0.518. The third-order valence-electron chi connectivity index (χ3n) is 1.95. The highest BCUT2D eigenvalue weighted by Gasteiger charge is 2.10. The van der Waals surface area contributed by atoms with E-state index in [0.29, 0.717) is 28.7 Å². The summed E-state index contributed by atoms with van der Waals surface area (Å²) in [5.74, 6) is 1.23. The van der Waals surface area contributed by atoms with Crippen molar-refractivity contribution in [3.63, 3.8) is 0 Å². The average Bonchev–Trinajstić information content (AvgIpc) is 2.47. The Hall–Kier alpha value is -1.58. The number of hydrogen-bond acceptors (Lipinski definition) is 4. The molecule has 2 heterocycles. The van der Waals surface area contributed by atoms with Gasteiger partial charge in [-0.15, -0.1) is 0 Å². The van der Waals surface area contributed by atoms with Crippen molar-refractivity contribution in [1.82, 2.24) is 9.97 Å². The molecule has 2 N–H and O–H groups in total. The Labute approximate surface area is 82.1 Å². The summed E-state index contributed by atoms with van der Waals surface area (Å²) in [6, 6.07) is 1.71. The second-order valence-electron chi connectivity index (χ2n) is 3.76. The number of aromatic nitrogens is 2. The predicted molar refractivity (Wildman–Crippen MR) is 54.8 cm³/mol. The highest BCUT2D eigenvalue weighted by molar-refractivity contribution is 5.81. The van der Waals surface area contributed by atoms with Crippen molar-refractivity contribution < 1.29 is 4.42 Å². The average molecular weight is 191 g/mol. The monoisotopic (exact) mass is 191 g/mol. The van der Waals surface area contributed by atoms with Gasteiger partial charge in [0.1, 0.15) is 0 Å². The summed E-state index contributed by atoms with van der Waals surface area (Å²) in [6.45, 7) is 4.23. The molecule has 4 nitrogen and oxygen atoms in total. The Balaban J connectivity index is 2.46. The zero-order valence-corrected chi connectivity index (χ0v) is 8.32. The number of anilines is 1. The van der Waals surface area contributed by atoms with Crippen molar-refractivity contribution in [2.24, 2.45) is 5.92 Å². The molecule has 0 bridgehead atoms. The lowest BCUT2D eigenvalue weighted by Crippen LogP contribution is -1.93. The number of hydrogen-bond donors (Lipinski definition) is 1. The molecule has 2 aromatic rings. The molecule has 0 aliphatic heterocycles. The van der Waals surface area contributed by atoms with Crippen LogP contribution in [0.15, 0.2) is 16.7 Å². The lowest BCUT2D eigenvalue weighted by atomic mass is 10.1. The van der Waals surface area contributed by atoms with E-state index in [4.69, 9.17) is 10.2 Å². The molecular formula is C10H13N3O. The molecule has 0 fully saturated rings. The smallest absolute Gasteiger partial charge is 0.200 e. The highest BCUT2D eigenvalue weighted by atomic mass is 16.3. The maximum atomic E-state index is 5.73. The van der Waals surface area contributed by atoms with E-state index >= 15 is 0 Å². The Bertz CT molecular complexity index is 448. The third-order valence-corrected chi connectivity index (χ3v) is 1.95. The van der Waals surface area contributed by atoms with Crippen LogP contribution in [0.2, 0.25) is 0 Å². The molecule has 14 heavy (non-hydrogen) atoms.